The number of carbonyl (C=O) groups excluding carboxylic acids is 4. The summed E-state index contributed by atoms with van der Waals surface area (Å²) in [5.74, 6) is -2.24. The van der Waals surface area contributed by atoms with E-state index in [0.717, 1.165) is 35.1 Å². The third-order valence-corrected chi connectivity index (χ3v) is 8.92. The summed E-state index contributed by atoms with van der Waals surface area (Å²) in [4.78, 5) is 61.4. The predicted octanol–water partition coefficient (Wildman–Crippen LogP) is 1.64. The average Bonchev–Trinajstić information content (AvgIpc) is 3.59. The van der Waals surface area contributed by atoms with E-state index < -0.39 is 53.3 Å². The Morgan fingerprint density at radius 1 is 1.10 bits per heavy atom. The molecule has 0 bridgehead atoms. The fraction of sp³-hybridized carbons (Fsp3) is 0.607. The molecule has 1 saturated carbocycles. The molecule has 0 aromatic heterocycles. The molecule has 0 aromatic carbocycles. The fourth-order valence-electron chi connectivity index (χ4n) is 5.54. The summed E-state index contributed by atoms with van der Waals surface area (Å²) in [6.07, 6.45) is 3.60. The number of Topliss-reactive ketones (excluding diaryl/α,β-unsaturated/α-hetero) is 1. The third-order valence-electron chi connectivity index (χ3n) is 7.86. The van der Waals surface area contributed by atoms with Gasteiger partial charge in [-0.15, -0.1) is 0 Å². The highest BCUT2D eigenvalue weighted by Crippen LogP contribution is 2.65. The van der Waals surface area contributed by atoms with Crippen LogP contribution in [0, 0.1) is 11.3 Å². The zero-order valence-corrected chi connectivity index (χ0v) is 24.2. The molecule has 3 amide bonds. The summed E-state index contributed by atoms with van der Waals surface area (Å²) >= 11 is 1.41. The molecule has 0 radical (unpaired) electrons. The fourth-order valence-corrected chi connectivity index (χ4v) is 6.70. The number of carbonyl (C=O) groups is 5. The first kappa shape index (κ1) is 30.6. The summed E-state index contributed by atoms with van der Waals surface area (Å²) in [6.45, 7) is 10.1. The molecule has 10 nitrogen and oxygen atoms in total. The third kappa shape index (κ3) is 6.30. The molecule has 0 heterocycles. The number of allylic oxidation sites excluding steroid dienone is 3. The number of amides is 3. The number of ketones is 1. The van der Waals surface area contributed by atoms with Gasteiger partial charge in [-0.2, -0.15) is 11.8 Å². The van der Waals surface area contributed by atoms with Gasteiger partial charge in [-0.25, -0.2) is 4.79 Å². The summed E-state index contributed by atoms with van der Waals surface area (Å²) < 4.78 is 0. The smallest absolute Gasteiger partial charge is 0.326 e. The van der Waals surface area contributed by atoms with Crippen molar-refractivity contribution in [2.45, 2.75) is 78.5 Å². The number of thioether (sulfide) groups is 1. The summed E-state index contributed by atoms with van der Waals surface area (Å²) in [5, 5.41) is 27.8. The van der Waals surface area contributed by atoms with Crippen LogP contribution in [0.5, 0.6) is 0 Å². The van der Waals surface area contributed by atoms with Gasteiger partial charge in [0.25, 0.3) is 0 Å². The highest BCUT2D eigenvalue weighted by molar-refractivity contribution is 7.99. The number of carboxylic acids is 1. The number of aliphatic carboxylic acids is 1. The topological polar surface area (TPSA) is 162 Å². The van der Waals surface area contributed by atoms with Crippen molar-refractivity contribution in [3.63, 3.8) is 0 Å². The van der Waals surface area contributed by atoms with E-state index in [-0.39, 0.29) is 23.9 Å². The van der Waals surface area contributed by atoms with E-state index in [9.17, 15) is 34.2 Å². The Morgan fingerprint density at radius 2 is 1.74 bits per heavy atom. The maximum absolute atomic E-state index is 13.1. The van der Waals surface area contributed by atoms with E-state index in [1.165, 1.54) is 18.7 Å². The van der Waals surface area contributed by atoms with Gasteiger partial charge < -0.3 is 26.2 Å². The van der Waals surface area contributed by atoms with Crippen LogP contribution in [0.4, 0.5) is 0 Å². The Hall–Kier alpha value is -2.92. The van der Waals surface area contributed by atoms with Crippen molar-refractivity contribution in [2.75, 3.05) is 18.1 Å². The lowest BCUT2D eigenvalue weighted by molar-refractivity contribution is -0.142. The molecule has 214 valence electrons. The van der Waals surface area contributed by atoms with Crippen molar-refractivity contribution in [1.82, 2.24) is 16.0 Å². The predicted molar refractivity (Wildman–Crippen MR) is 148 cm³/mol. The minimum Gasteiger partial charge on any atom is -0.480 e. The molecule has 3 rings (SSSR count). The molecular formula is C28H39N3O7S. The van der Waals surface area contributed by atoms with Gasteiger partial charge in [0.05, 0.1) is 6.54 Å². The number of carboxylic acid groups (broad SMARTS) is 1. The van der Waals surface area contributed by atoms with Crippen molar-refractivity contribution in [3.05, 3.63) is 33.9 Å². The van der Waals surface area contributed by atoms with E-state index >= 15 is 0 Å². The van der Waals surface area contributed by atoms with Crippen LogP contribution in [0.2, 0.25) is 0 Å². The van der Waals surface area contributed by atoms with Crippen molar-refractivity contribution in [1.29, 1.82) is 0 Å². The molecule has 1 fully saturated rings. The SMILES string of the molecule is CC(=O)N[C@H](CSCC1=C(C)C=C2C(=O)[C@](C)(O)C3(CC3)C(C)=C21)C(=O)NCC(=O)N[C@@H](CC(C)C)C(=O)O. The van der Waals surface area contributed by atoms with Gasteiger partial charge in [-0.05, 0) is 68.7 Å². The Morgan fingerprint density at radius 3 is 2.28 bits per heavy atom. The zero-order valence-electron chi connectivity index (χ0n) is 23.4. The van der Waals surface area contributed by atoms with Crippen LogP contribution in [-0.2, 0) is 24.0 Å². The van der Waals surface area contributed by atoms with Crippen molar-refractivity contribution in [3.8, 4) is 0 Å². The summed E-state index contributed by atoms with van der Waals surface area (Å²) in [5.41, 5.74) is 2.41. The number of hydrogen-bond donors (Lipinski definition) is 5. The summed E-state index contributed by atoms with van der Waals surface area (Å²) in [6, 6.07) is -1.97. The molecule has 3 aliphatic carbocycles. The number of hydrogen-bond acceptors (Lipinski definition) is 7. The van der Waals surface area contributed by atoms with Gasteiger partial charge in [0.1, 0.15) is 17.7 Å². The Balaban J connectivity index is 1.62. The lowest BCUT2D eigenvalue weighted by Crippen LogP contribution is -2.51. The van der Waals surface area contributed by atoms with E-state index in [0.29, 0.717) is 11.3 Å². The molecule has 3 atom stereocenters. The van der Waals surface area contributed by atoms with E-state index in [1.807, 2.05) is 33.8 Å². The normalized spacial score (nSPS) is 22.9. The molecular weight excluding hydrogens is 522 g/mol. The van der Waals surface area contributed by atoms with Crippen LogP contribution in [-0.4, -0.2) is 75.4 Å². The monoisotopic (exact) mass is 561 g/mol. The largest absolute Gasteiger partial charge is 0.480 e. The van der Waals surface area contributed by atoms with Crippen LogP contribution in [0.1, 0.15) is 60.8 Å². The number of fused-ring (bicyclic) bond motifs is 1. The van der Waals surface area contributed by atoms with Crippen molar-refractivity contribution < 1.29 is 34.2 Å². The molecule has 11 heteroatoms. The zero-order chi connectivity index (χ0) is 29.3. The van der Waals surface area contributed by atoms with E-state index in [4.69, 9.17) is 0 Å². The molecule has 0 unspecified atom stereocenters. The standard InChI is InChI=1S/C28H39N3O7S/c1-14(2)9-20(26(36)37)31-22(33)11-29-25(35)21(30-17(5)32)13-39-12-19-15(3)10-18-23(19)16(4)28(7-8-28)27(6,38)24(18)34/h10,14,20-21,38H,7-9,11-13H2,1-6H3,(H,29,35)(H,30,32)(H,31,33)(H,36,37)/t20-,21+,27-/m0/s1. The van der Waals surface area contributed by atoms with Gasteiger partial charge in [0.2, 0.25) is 17.7 Å². The lowest BCUT2D eigenvalue weighted by atomic mass is 9.67. The number of aliphatic hydroxyl groups is 1. The molecule has 0 aliphatic heterocycles. The molecule has 39 heavy (non-hydrogen) atoms. The van der Waals surface area contributed by atoms with Crippen LogP contribution in [0.25, 0.3) is 0 Å². The van der Waals surface area contributed by atoms with Crippen LogP contribution < -0.4 is 16.0 Å². The minimum atomic E-state index is -1.42. The van der Waals surface area contributed by atoms with Gasteiger partial charge in [-0.3, -0.25) is 19.2 Å². The quantitative estimate of drug-likeness (QED) is 0.240. The molecule has 5 N–H and O–H groups in total. The number of nitrogens with one attached hydrogen (secondary N) is 3. The first-order valence-electron chi connectivity index (χ1n) is 13.2. The van der Waals surface area contributed by atoms with Crippen molar-refractivity contribution >= 4 is 41.2 Å². The first-order valence-corrected chi connectivity index (χ1v) is 14.3. The van der Waals surface area contributed by atoms with Crippen LogP contribution in [0.3, 0.4) is 0 Å². The second-order valence-corrected chi connectivity index (χ2v) is 12.3. The second kappa shape index (κ2) is 11.7. The lowest BCUT2D eigenvalue weighted by Gasteiger charge is -2.39. The molecule has 3 aliphatic rings. The van der Waals surface area contributed by atoms with Gasteiger partial charge >= 0.3 is 5.97 Å². The van der Waals surface area contributed by atoms with Crippen LogP contribution >= 0.6 is 11.8 Å². The average molecular weight is 562 g/mol. The first-order chi connectivity index (χ1) is 18.1. The Bertz CT molecular complexity index is 1180. The van der Waals surface area contributed by atoms with E-state index in [2.05, 4.69) is 16.0 Å². The number of rotatable bonds is 12. The maximum atomic E-state index is 13.1. The van der Waals surface area contributed by atoms with Crippen molar-refractivity contribution in [2.24, 2.45) is 11.3 Å². The highest BCUT2D eigenvalue weighted by Gasteiger charge is 2.65. The minimum absolute atomic E-state index is 0.0568. The molecule has 0 saturated heterocycles. The molecule has 0 aromatic rings. The second-order valence-electron chi connectivity index (χ2n) is 11.3. The van der Waals surface area contributed by atoms with Gasteiger partial charge in [0, 0.05) is 29.4 Å². The highest BCUT2D eigenvalue weighted by atomic mass is 32.2. The molecule has 1 spiro atoms. The van der Waals surface area contributed by atoms with Crippen LogP contribution in [0.15, 0.2) is 33.9 Å². The van der Waals surface area contributed by atoms with E-state index in [1.54, 1.807) is 6.92 Å². The van der Waals surface area contributed by atoms with Gasteiger partial charge in [0.15, 0.2) is 5.78 Å². The summed E-state index contributed by atoms with van der Waals surface area (Å²) in [7, 11) is 0. The van der Waals surface area contributed by atoms with Gasteiger partial charge in [-0.1, -0.05) is 19.4 Å². The Labute approximate surface area is 233 Å². The maximum Gasteiger partial charge on any atom is 0.326 e. The Kier molecular flexibility index (Phi) is 9.16.